The van der Waals surface area contributed by atoms with Gasteiger partial charge in [0.25, 0.3) is 0 Å². The number of ether oxygens (including phenoxy) is 1. The van der Waals surface area contributed by atoms with Crippen LogP contribution in [0.1, 0.15) is 30.6 Å². The summed E-state index contributed by atoms with van der Waals surface area (Å²) >= 11 is 0. The Balaban J connectivity index is 0.00000136. The molecule has 31 heavy (non-hydrogen) atoms. The molecule has 3 heterocycles. The average molecular weight is 462 g/mol. The molecule has 1 saturated heterocycles. The van der Waals surface area contributed by atoms with Crippen molar-refractivity contribution in [3.05, 3.63) is 65.9 Å². The molecule has 0 N–H and O–H groups in total. The molecule has 2 atom stereocenters. The second-order valence-electron chi connectivity index (χ2n) is 8.31. The number of piperazine rings is 1. The first kappa shape index (κ1) is 23.9. The summed E-state index contributed by atoms with van der Waals surface area (Å²) < 4.78 is 8.62. The molecule has 5 rings (SSSR count). The van der Waals surface area contributed by atoms with Gasteiger partial charge in [-0.05, 0) is 43.7 Å². The van der Waals surface area contributed by atoms with Crippen molar-refractivity contribution in [2.45, 2.75) is 38.9 Å². The van der Waals surface area contributed by atoms with Crippen LogP contribution in [-0.2, 0) is 6.54 Å². The number of aryl methyl sites for hydroxylation is 2. The molecule has 3 aromatic rings. The van der Waals surface area contributed by atoms with E-state index >= 15 is 0 Å². The van der Waals surface area contributed by atoms with Gasteiger partial charge in [-0.3, -0.25) is 9.80 Å². The molecular formula is C25H33Cl2N3O. The third-order valence-electron chi connectivity index (χ3n) is 6.90. The Hall–Kier alpha value is -1.72. The Kier molecular flexibility index (Phi) is 7.92. The molecule has 2 aliphatic rings. The minimum Gasteiger partial charge on any atom is -0.492 e. The van der Waals surface area contributed by atoms with Gasteiger partial charge in [0.15, 0.2) is 0 Å². The molecule has 168 valence electrons. The van der Waals surface area contributed by atoms with Gasteiger partial charge in [0, 0.05) is 48.8 Å². The van der Waals surface area contributed by atoms with E-state index in [4.69, 9.17) is 4.74 Å². The highest BCUT2D eigenvalue weighted by atomic mass is 35.5. The summed E-state index contributed by atoms with van der Waals surface area (Å²) in [5.41, 5.74) is 4.41. The monoisotopic (exact) mass is 461 g/mol. The molecule has 0 amide bonds. The van der Waals surface area contributed by atoms with Gasteiger partial charge >= 0.3 is 0 Å². The third-order valence-corrected chi connectivity index (χ3v) is 6.90. The lowest BCUT2D eigenvalue weighted by molar-refractivity contribution is -0.00431. The lowest BCUT2D eigenvalue weighted by Gasteiger charge is -2.50. The number of para-hydroxylation sites is 2. The van der Waals surface area contributed by atoms with Crippen LogP contribution in [-0.4, -0.2) is 53.2 Å². The topological polar surface area (TPSA) is 20.6 Å². The summed E-state index contributed by atoms with van der Waals surface area (Å²) in [4.78, 5) is 5.37. The molecule has 0 saturated carbocycles. The number of likely N-dealkylation sites (N-methyl/N-ethyl adjacent to an activating group) is 1. The number of hydrogen-bond donors (Lipinski definition) is 0. The van der Waals surface area contributed by atoms with Gasteiger partial charge < -0.3 is 9.30 Å². The first-order chi connectivity index (χ1) is 14.3. The van der Waals surface area contributed by atoms with E-state index in [0.29, 0.717) is 12.1 Å². The molecule has 1 aromatic heterocycles. The number of fused-ring (bicyclic) bond motifs is 5. The van der Waals surface area contributed by atoms with Crippen molar-refractivity contribution in [3.8, 4) is 5.75 Å². The first-order valence-corrected chi connectivity index (χ1v) is 11.0. The number of halogens is 2. The zero-order valence-corrected chi connectivity index (χ0v) is 20.0. The Morgan fingerprint density at radius 3 is 2.39 bits per heavy atom. The van der Waals surface area contributed by atoms with Crippen molar-refractivity contribution < 1.29 is 4.74 Å². The second-order valence-corrected chi connectivity index (χ2v) is 8.31. The summed E-state index contributed by atoms with van der Waals surface area (Å²) in [6, 6.07) is 20.2. The van der Waals surface area contributed by atoms with Gasteiger partial charge in [-0.2, -0.15) is 0 Å². The average Bonchev–Trinajstić information content (AvgIpc) is 3.07. The number of rotatable bonds is 5. The minimum absolute atomic E-state index is 0. The fourth-order valence-corrected chi connectivity index (χ4v) is 5.51. The molecule has 2 aromatic carbocycles. The van der Waals surface area contributed by atoms with Crippen molar-refractivity contribution in [2.24, 2.45) is 0 Å². The van der Waals surface area contributed by atoms with Crippen molar-refractivity contribution in [2.75, 3.05) is 32.8 Å². The van der Waals surface area contributed by atoms with Crippen LogP contribution in [0.4, 0.5) is 0 Å². The number of benzene rings is 2. The summed E-state index contributed by atoms with van der Waals surface area (Å²) in [5.74, 6) is 0.968. The summed E-state index contributed by atoms with van der Waals surface area (Å²) in [6.45, 7) is 10.9. The van der Waals surface area contributed by atoms with Crippen molar-refractivity contribution in [1.82, 2.24) is 14.4 Å². The highest BCUT2D eigenvalue weighted by Gasteiger charge is 2.42. The Morgan fingerprint density at radius 1 is 0.903 bits per heavy atom. The van der Waals surface area contributed by atoms with Crippen LogP contribution >= 0.6 is 24.8 Å². The highest BCUT2D eigenvalue weighted by Crippen LogP contribution is 2.42. The molecule has 2 unspecified atom stereocenters. The van der Waals surface area contributed by atoms with Gasteiger partial charge in [0.1, 0.15) is 12.4 Å². The molecule has 0 spiro atoms. The molecule has 6 heteroatoms. The predicted molar refractivity (Wildman–Crippen MR) is 133 cm³/mol. The maximum atomic E-state index is 6.02. The van der Waals surface area contributed by atoms with Crippen LogP contribution < -0.4 is 4.74 Å². The van der Waals surface area contributed by atoms with Gasteiger partial charge in [-0.15, -0.1) is 24.8 Å². The van der Waals surface area contributed by atoms with Crippen LogP contribution in [0.25, 0.3) is 10.9 Å². The third kappa shape index (κ3) is 4.31. The molecule has 0 aliphatic carbocycles. The van der Waals surface area contributed by atoms with E-state index in [1.54, 1.807) is 0 Å². The van der Waals surface area contributed by atoms with Crippen molar-refractivity contribution in [1.29, 1.82) is 0 Å². The van der Waals surface area contributed by atoms with Gasteiger partial charge in [-0.1, -0.05) is 43.3 Å². The quantitative estimate of drug-likeness (QED) is 0.512. The maximum absolute atomic E-state index is 6.02. The maximum Gasteiger partial charge on any atom is 0.119 e. The summed E-state index contributed by atoms with van der Waals surface area (Å²) in [6.07, 6.45) is 1.21. The highest BCUT2D eigenvalue weighted by molar-refractivity contribution is 5.86. The standard InChI is InChI=1S/C25H31N3O.2ClH/c1-3-26-15-16-27(17-18-29-20-9-5-4-6-10-20)23-13-14-28-22-12-8-7-11-21(22)19(2)24(28)25(23)26;;/h4-12,23,25H,3,13-18H2,1-2H3;2*1H. The lowest BCUT2D eigenvalue weighted by atomic mass is 9.90. The largest absolute Gasteiger partial charge is 0.492 e. The molecular weight excluding hydrogens is 429 g/mol. The molecule has 4 nitrogen and oxygen atoms in total. The number of aromatic nitrogens is 1. The van der Waals surface area contributed by atoms with Crippen LogP contribution in [0, 0.1) is 6.92 Å². The molecule has 0 radical (unpaired) electrons. The normalized spacial score (nSPS) is 21.0. The van der Waals surface area contributed by atoms with E-state index in [1.807, 2.05) is 30.3 Å². The fourth-order valence-electron chi connectivity index (χ4n) is 5.51. The van der Waals surface area contributed by atoms with Crippen LogP contribution in [0.2, 0.25) is 0 Å². The second kappa shape index (κ2) is 10.3. The van der Waals surface area contributed by atoms with E-state index < -0.39 is 0 Å². The molecule has 0 bridgehead atoms. The first-order valence-electron chi connectivity index (χ1n) is 11.0. The smallest absolute Gasteiger partial charge is 0.119 e. The fraction of sp³-hybridized carbons (Fsp3) is 0.440. The van der Waals surface area contributed by atoms with Crippen LogP contribution in [0.3, 0.4) is 0 Å². The Labute approximate surface area is 198 Å². The zero-order valence-electron chi connectivity index (χ0n) is 18.4. The zero-order chi connectivity index (χ0) is 19.8. The Bertz CT molecular complexity index is 991. The molecule has 2 aliphatic heterocycles. The number of nitrogens with zero attached hydrogens (tertiary/aromatic N) is 3. The summed E-state index contributed by atoms with van der Waals surface area (Å²) in [5, 5.41) is 1.42. The molecule has 1 fully saturated rings. The SMILES string of the molecule is CCN1CCN(CCOc2ccccc2)C2CCn3c(c(C)c4ccccc43)C21.Cl.Cl. The van der Waals surface area contributed by atoms with Crippen LogP contribution in [0.15, 0.2) is 54.6 Å². The van der Waals surface area contributed by atoms with E-state index in [0.717, 1.165) is 45.1 Å². The summed E-state index contributed by atoms with van der Waals surface area (Å²) in [7, 11) is 0. The van der Waals surface area contributed by atoms with E-state index in [9.17, 15) is 0 Å². The van der Waals surface area contributed by atoms with E-state index in [2.05, 4.69) is 52.5 Å². The Morgan fingerprint density at radius 2 is 1.61 bits per heavy atom. The predicted octanol–water partition coefficient (Wildman–Crippen LogP) is 5.32. The van der Waals surface area contributed by atoms with Crippen molar-refractivity contribution in [3.63, 3.8) is 0 Å². The van der Waals surface area contributed by atoms with Gasteiger partial charge in [0.2, 0.25) is 0 Å². The number of hydrogen-bond acceptors (Lipinski definition) is 3. The van der Waals surface area contributed by atoms with Gasteiger partial charge in [-0.25, -0.2) is 0 Å². The van der Waals surface area contributed by atoms with Crippen molar-refractivity contribution >= 4 is 35.7 Å². The van der Waals surface area contributed by atoms with E-state index in [1.165, 1.54) is 28.6 Å². The van der Waals surface area contributed by atoms with Gasteiger partial charge in [0.05, 0.1) is 6.04 Å². The minimum atomic E-state index is 0. The lowest BCUT2D eigenvalue weighted by Crippen LogP contribution is -2.57. The van der Waals surface area contributed by atoms with E-state index in [-0.39, 0.29) is 24.8 Å². The van der Waals surface area contributed by atoms with Crippen LogP contribution in [0.5, 0.6) is 5.75 Å².